The fourth-order valence-electron chi connectivity index (χ4n) is 5.37. The Balaban J connectivity index is 1.43. The molecule has 0 radical (unpaired) electrons. The van der Waals surface area contributed by atoms with Crippen LogP contribution in [0.15, 0.2) is 152 Å². The molecule has 0 bridgehead atoms. The lowest BCUT2D eigenvalue weighted by Crippen LogP contribution is -1.97. The SMILES string of the molecule is Clc1cccc(-c2ccc(-c3cc(-c4cccc(-c5ccccc5)c4)nc(-c4ccccc4)n3)c3ccccc23)c1. The van der Waals surface area contributed by atoms with E-state index in [2.05, 4.69) is 109 Å². The van der Waals surface area contributed by atoms with Gasteiger partial charge in [0.25, 0.3) is 0 Å². The number of aromatic nitrogens is 2. The second-order valence-electron chi connectivity index (χ2n) is 9.99. The molecule has 6 aromatic carbocycles. The van der Waals surface area contributed by atoms with Gasteiger partial charge >= 0.3 is 0 Å². The largest absolute Gasteiger partial charge is 0.228 e. The average Bonchev–Trinajstić information content (AvgIpc) is 3.05. The molecule has 7 aromatic rings. The van der Waals surface area contributed by atoms with Crippen molar-refractivity contribution in [1.82, 2.24) is 9.97 Å². The van der Waals surface area contributed by atoms with Crippen LogP contribution in [0.4, 0.5) is 0 Å². The molecule has 194 valence electrons. The van der Waals surface area contributed by atoms with Gasteiger partial charge in [0.1, 0.15) is 0 Å². The van der Waals surface area contributed by atoms with Crippen LogP contribution in [0.25, 0.3) is 66.9 Å². The van der Waals surface area contributed by atoms with Gasteiger partial charge in [-0.05, 0) is 57.3 Å². The summed E-state index contributed by atoms with van der Waals surface area (Å²) in [5.41, 5.74) is 9.41. The van der Waals surface area contributed by atoms with Crippen molar-refractivity contribution in [3.63, 3.8) is 0 Å². The van der Waals surface area contributed by atoms with E-state index in [0.717, 1.165) is 60.6 Å². The zero-order chi connectivity index (χ0) is 27.6. The molecule has 0 aliphatic heterocycles. The monoisotopic (exact) mass is 544 g/mol. The van der Waals surface area contributed by atoms with Crippen molar-refractivity contribution in [3.8, 4) is 56.2 Å². The summed E-state index contributed by atoms with van der Waals surface area (Å²) < 4.78 is 0. The van der Waals surface area contributed by atoms with Crippen molar-refractivity contribution in [2.45, 2.75) is 0 Å². The molecule has 0 N–H and O–H groups in total. The quantitative estimate of drug-likeness (QED) is 0.215. The first-order valence-electron chi connectivity index (χ1n) is 13.6. The van der Waals surface area contributed by atoms with Gasteiger partial charge in [-0.3, -0.25) is 0 Å². The molecule has 2 nitrogen and oxygen atoms in total. The Hall–Kier alpha value is -5.05. The van der Waals surface area contributed by atoms with Crippen LogP contribution >= 0.6 is 11.6 Å². The normalized spacial score (nSPS) is 11.0. The highest BCUT2D eigenvalue weighted by atomic mass is 35.5. The predicted octanol–water partition coefficient (Wildman–Crippen LogP) is 10.6. The third-order valence-corrected chi connectivity index (χ3v) is 7.59. The molecule has 0 unspecified atom stereocenters. The number of rotatable bonds is 5. The van der Waals surface area contributed by atoms with Crippen LogP contribution < -0.4 is 0 Å². The molecule has 0 aliphatic rings. The first-order valence-corrected chi connectivity index (χ1v) is 14.0. The van der Waals surface area contributed by atoms with E-state index in [1.54, 1.807) is 0 Å². The fourth-order valence-corrected chi connectivity index (χ4v) is 5.56. The van der Waals surface area contributed by atoms with E-state index >= 15 is 0 Å². The lowest BCUT2D eigenvalue weighted by atomic mass is 9.93. The second-order valence-corrected chi connectivity index (χ2v) is 10.4. The van der Waals surface area contributed by atoms with Gasteiger partial charge in [-0.1, -0.05) is 139 Å². The number of hydrogen-bond donors (Lipinski definition) is 0. The molecular weight excluding hydrogens is 520 g/mol. The molecule has 0 saturated carbocycles. The van der Waals surface area contributed by atoms with Crippen molar-refractivity contribution in [3.05, 3.63) is 157 Å². The highest BCUT2D eigenvalue weighted by Gasteiger charge is 2.15. The third kappa shape index (κ3) is 5.02. The van der Waals surface area contributed by atoms with Gasteiger partial charge in [0, 0.05) is 21.7 Å². The van der Waals surface area contributed by atoms with Gasteiger partial charge in [-0.15, -0.1) is 0 Å². The third-order valence-electron chi connectivity index (χ3n) is 7.36. The zero-order valence-electron chi connectivity index (χ0n) is 22.2. The standard InChI is InChI=1S/C38H25ClN2/c39-31-18-10-16-29(24-31)32-21-22-35(34-20-8-7-19-33(32)34)37-25-36(40-38(41-37)27-13-5-2-6-14-27)30-17-9-15-28(23-30)26-11-3-1-4-12-26/h1-25H. The minimum atomic E-state index is 0.700. The summed E-state index contributed by atoms with van der Waals surface area (Å²) >= 11 is 6.36. The van der Waals surface area contributed by atoms with Gasteiger partial charge in [0.05, 0.1) is 11.4 Å². The Bertz CT molecular complexity index is 2000. The lowest BCUT2D eigenvalue weighted by Gasteiger charge is -2.14. The summed E-state index contributed by atoms with van der Waals surface area (Å²) in [5, 5.41) is 3.01. The van der Waals surface area contributed by atoms with Gasteiger partial charge in [-0.25, -0.2) is 9.97 Å². The number of hydrogen-bond acceptors (Lipinski definition) is 2. The van der Waals surface area contributed by atoms with E-state index in [1.165, 1.54) is 5.56 Å². The minimum Gasteiger partial charge on any atom is -0.228 e. The topological polar surface area (TPSA) is 25.8 Å². The van der Waals surface area contributed by atoms with E-state index in [0.29, 0.717) is 5.82 Å². The van der Waals surface area contributed by atoms with E-state index in [9.17, 15) is 0 Å². The fraction of sp³-hybridized carbons (Fsp3) is 0. The summed E-state index contributed by atoms with van der Waals surface area (Å²) in [6.45, 7) is 0. The molecular formula is C38H25ClN2. The molecule has 0 atom stereocenters. The molecule has 41 heavy (non-hydrogen) atoms. The highest BCUT2D eigenvalue weighted by molar-refractivity contribution is 6.31. The molecule has 1 heterocycles. The number of fused-ring (bicyclic) bond motifs is 1. The molecule has 0 aliphatic carbocycles. The zero-order valence-corrected chi connectivity index (χ0v) is 23.0. The summed E-state index contributed by atoms with van der Waals surface area (Å²) in [5.74, 6) is 0.700. The summed E-state index contributed by atoms with van der Waals surface area (Å²) in [4.78, 5) is 10.2. The Morgan fingerprint density at radius 1 is 0.366 bits per heavy atom. The van der Waals surface area contributed by atoms with Crippen LogP contribution in [0, 0.1) is 0 Å². The molecule has 1 aromatic heterocycles. The van der Waals surface area contributed by atoms with Gasteiger partial charge < -0.3 is 0 Å². The predicted molar refractivity (Wildman–Crippen MR) is 172 cm³/mol. The second kappa shape index (κ2) is 10.8. The number of nitrogens with zero attached hydrogens (tertiary/aromatic N) is 2. The average molecular weight is 545 g/mol. The van der Waals surface area contributed by atoms with Gasteiger partial charge in [-0.2, -0.15) is 0 Å². The first-order chi connectivity index (χ1) is 20.2. The van der Waals surface area contributed by atoms with Crippen LogP contribution in [0.1, 0.15) is 0 Å². The Morgan fingerprint density at radius 2 is 0.927 bits per heavy atom. The van der Waals surface area contributed by atoms with Crippen molar-refractivity contribution in [1.29, 1.82) is 0 Å². The summed E-state index contributed by atoms with van der Waals surface area (Å²) in [6, 6.07) is 52.1. The molecule has 0 spiro atoms. The summed E-state index contributed by atoms with van der Waals surface area (Å²) in [7, 11) is 0. The van der Waals surface area contributed by atoms with Crippen LogP contribution in [-0.2, 0) is 0 Å². The van der Waals surface area contributed by atoms with Crippen molar-refractivity contribution in [2.24, 2.45) is 0 Å². The van der Waals surface area contributed by atoms with Crippen molar-refractivity contribution >= 4 is 22.4 Å². The van der Waals surface area contributed by atoms with Gasteiger partial charge in [0.2, 0.25) is 0 Å². The summed E-state index contributed by atoms with van der Waals surface area (Å²) in [6.07, 6.45) is 0. The number of benzene rings is 6. The van der Waals surface area contributed by atoms with Gasteiger partial charge in [0.15, 0.2) is 5.82 Å². The molecule has 0 fully saturated rings. The van der Waals surface area contributed by atoms with E-state index in [4.69, 9.17) is 21.6 Å². The maximum absolute atomic E-state index is 6.36. The maximum atomic E-state index is 6.36. The maximum Gasteiger partial charge on any atom is 0.160 e. The Kier molecular flexibility index (Phi) is 6.60. The van der Waals surface area contributed by atoms with E-state index in [1.807, 2.05) is 42.5 Å². The molecule has 3 heteroatoms. The Labute approximate surface area is 244 Å². The van der Waals surface area contributed by atoms with E-state index < -0.39 is 0 Å². The first kappa shape index (κ1) is 25.0. The van der Waals surface area contributed by atoms with Crippen LogP contribution in [-0.4, -0.2) is 9.97 Å². The molecule has 0 saturated heterocycles. The highest BCUT2D eigenvalue weighted by Crippen LogP contribution is 2.37. The van der Waals surface area contributed by atoms with Crippen LogP contribution in [0.2, 0.25) is 5.02 Å². The minimum absolute atomic E-state index is 0.700. The van der Waals surface area contributed by atoms with E-state index in [-0.39, 0.29) is 0 Å². The molecule has 7 rings (SSSR count). The number of halogens is 1. The van der Waals surface area contributed by atoms with Crippen molar-refractivity contribution < 1.29 is 0 Å². The van der Waals surface area contributed by atoms with Crippen LogP contribution in [0.3, 0.4) is 0 Å². The van der Waals surface area contributed by atoms with Crippen LogP contribution in [0.5, 0.6) is 0 Å². The Morgan fingerprint density at radius 3 is 1.68 bits per heavy atom. The van der Waals surface area contributed by atoms with Crippen molar-refractivity contribution in [2.75, 3.05) is 0 Å². The smallest absolute Gasteiger partial charge is 0.160 e. The molecule has 0 amide bonds. The lowest BCUT2D eigenvalue weighted by molar-refractivity contribution is 1.18.